The summed E-state index contributed by atoms with van der Waals surface area (Å²) >= 11 is 0. The molecule has 0 heterocycles. The Labute approximate surface area is 51.7 Å². The standard InChI is InChI=1S/C7H15O/c1-5-6(8)7(2,3)4/h6,8H,1,5H2,2-4H3. The Bertz CT molecular complexity index is 61.3. The highest BCUT2D eigenvalue weighted by atomic mass is 16.3. The van der Waals surface area contributed by atoms with Crippen molar-refractivity contribution in [2.75, 3.05) is 0 Å². The Morgan fingerprint density at radius 3 is 1.88 bits per heavy atom. The lowest BCUT2D eigenvalue weighted by atomic mass is 9.88. The zero-order valence-electron chi connectivity index (χ0n) is 5.94. The molecular weight excluding hydrogens is 100 g/mol. The van der Waals surface area contributed by atoms with Crippen molar-refractivity contribution in [3.63, 3.8) is 0 Å². The summed E-state index contributed by atoms with van der Waals surface area (Å²) in [6, 6.07) is 0. The fraction of sp³-hybridized carbons (Fsp3) is 0.857. The van der Waals surface area contributed by atoms with Gasteiger partial charge in [-0.15, -0.1) is 0 Å². The van der Waals surface area contributed by atoms with Crippen LogP contribution in [0.15, 0.2) is 0 Å². The summed E-state index contributed by atoms with van der Waals surface area (Å²) in [5.41, 5.74) is 0.00174. The quantitative estimate of drug-likeness (QED) is 0.550. The van der Waals surface area contributed by atoms with E-state index in [9.17, 15) is 0 Å². The third kappa shape index (κ3) is 2.31. The van der Waals surface area contributed by atoms with Crippen LogP contribution in [0.4, 0.5) is 0 Å². The molecular formula is C7H15O. The maximum Gasteiger partial charge on any atom is 0.0588 e. The molecule has 1 unspecified atom stereocenters. The molecule has 1 N–H and O–H groups in total. The Morgan fingerprint density at radius 2 is 1.88 bits per heavy atom. The van der Waals surface area contributed by atoms with Crippen LogP contribution < -0.4 is 0 Å². The molecule has 0 spiro atoms. The lowest BCUT2D eigenvalue weighted by molar-refractivity contribution is 0.0654. The third-order valence-electron chi connectivity index (χ3n) is 1.27. The topological polar surface area (TPSA) is 20.2 Å². The lowest BCUT2D eigenvalue weighted by Gasteiger charge is -2.23. The summed E-state index contributed by atoms with van der Waals surface area (Å²) in [5, 5.41) is 9.13. The van der Waals surface area contributed by atoms with E-state index in [2.05, 4.69) is 6.92 Å². The van der Waals surface area contributed by atoms with Crippen LogP contribution in [0.2, 0.25) is 0 Å². The first-order valence-electron chi connectivity index (χ1n) is 2.96. The third-order valence-corrected chi connectivity index (χ3v) is 1.27. The van der Waals surface area contributed by atoms with Crippen molar-refractivity contribution in [2.45, 2.75) is 33.3 Å². The molecule has 49 valence electrons. The van der Waals surface area contributed by atoms with Crippen LogP contribution in [0.1, 0.15) is 27.2 Å². The van der Waals surface area contributed by atoms with Gasteiger partial charge in [-0.05, 0) is 11.8 Å². The molecule has 0 saturated carbocycles. The fourth-order valence-corrected chi connectivity index (χ4v) is 0.433. The van der Waals surface area contributed by atoms with E-state index in [-0.39, 0.29) is 11.5 Å². The lowest BCUT2D eigenvalue weighted by Crippen LogP contribution is -2.24. The van der Waals surface area contributed by atoms with Gasteiger partial charge in [-0.1, -0.05) is 27.7 Å². The average molecular weight is 115 g/mol. The van der Waals surface area contributed by atoms with Gasteiger partial charge in [0.2, 0.25) is 0 Å². The minimum Gasteiger partial charge on any atom is -0.393 e. The number of rotatable bonds is 1. The molecule has 0 rings (SSSR count). The monoisotopic (exact) mass is 115 g/mol. The number of hydrogen-bond donors (Lipinski definition) is 1. The van der Waals surface area contributed by atoms with E-state index in [0.717, 1.165) is 0 Å². The van der Waals surface area contributed by atoms with Crippen LogP contribution in [0.5, 0.6) is 0 Å². The first-order valence-corrected chi connectivity index (χ1v) is 2.96. The van der Waals surface area contributed by atoms with E-state index in [1.807, 2.05) is 20.8 Å². The molecule has 0 aromatic carbocycles. The summed E-state index contributed by atoms with van der Waals surface area (Å²) in [6.07, 6.45) is 0.339. The molecule has 0 aliphatic heterocycles. The Morgan fingerprint density at radius 1 is 1.50 bits per heavy atom. The highest BCUT2D eigenvalue weighted by Crippen LogP contribution is 2.20. The molecule has 1 nitrogen and oxygen atoms in total. The van der Waals surface area contributed by atoms with E-state index in [1.54, 1.807) is 0 Å². The van der Waals surface area contributed by atoms with Crippen molar-refractivity contribution >= 4 is 0 Å². The predicted molar refractivity (Wildman–Crippen MR) is 35.4 cm³/mol. The zero-order chi connectivity index (χ0) is 6.78. The van der Waals surface area contributed by atoms with Crippen LogP contribution in [0.25, 0.3) is 0 Å². The highest BCUT2D eigenvalue weighted by Gasteiger charge is 2.19. The van der Waals surface area contributed by atoms with Gasteiger partial charge in [-0.2, -0.15) is 0 Å². The van der Waals surface area contributed by atoms with Crippen molar-refractivity contribution in [3.05, 3.63) is 6.92 Å². The van der Waals surface area contributed by atoms with Gasteiger partial charge >= 0.3 is 0 Å². The van der Waals surface area contributed by atoms with Crippen molar-refractivity contribution in [1.82, 2.24) is 0 Å². The zero-order valence-corrected chi connectivity index (χ0v) is 5.94. The van der Waals surface area contributed by atoms with Crippen molar-refractivity contribution in [3.8, 4) is 0 Å². The van der Waals surface area contributed by atoms with Crippen LogP contribution in [0, 0.1) is 12.3 Å². The highest BCUT2D eigenvalue weighted by molar-refractivity contribution is 4.72. The van der Waals surface area contributed by atoms with Crippen LogP contribution in [-0.2, 0) is 0 Å². The largest absolute Gasteiger partial charge is 0.393 e. The first kappa shape index (κ1) is 7.96. The molecule has 0 saturated heterocycles. The van der Waals surface area contributed by atoms with Crippen molar-refractivity contribution in [2.24, 2.45) is 5.41 Å². The molecule has 0 amide bonds. The van der Waals surface area contributed by atoms with Gasteiger partial charge < -0.3 is 5.11 Å². The van der Waals surface area contributed by atoms with E-state index in [1.165, 1.54) is 0 Å². The molecule has 1 radical (unpaired) electrons. The second-order valence-electron chi connectivity index (χ2n) is 3.17. The maximum absolute atomic E-state index is 9.13. The Kier molecular flexibility index (Phi) is 2.48. The van der Waals surface area contributed by atoms with Gasteiger partial charge in [-0.3, -0.25) is 0 Å². The average Bonchev–Trinajstić information content (AvgIpc) is 1.62. The Balaban J connectivity index is 3.62. The minimum absolute atomic E-state index is 0.00174. The summed E-state index contributed by atoms with van der Waals surface area (Å²) < 4.78 is 0. The van der Waals surface area contributed by atoms with Gasteiger partial charge in [0.15, 0.2) is 0 Å². The van der Waals surface area contributed by atoms with E-state index < -0.39 is 0 Å². The molecule has 0 aliphatic rings. The minimum atomic E-state index is -0.262. The number of aliphatic hydroxyl groups is 1. The van der Waals surface area contributed by atoms with Gasteiger partial charge in [0.25, 0.3) is 0 Å². The van der Waals surface area contributed by atoms with E-state index >= 15 is 0 Å². The predicted octanol–water partition coefficient (Wildman–Crippen LogP) is 1.62. The molecule has 0 aliphatic carbocycles. The summed E-state index contributed by atoms with van der Waals surface area (Å²) in [5.74, 6) is 0. The van der Waals surface area contributed by atoms with Crippen LogP contribution in [-0.4, -0.2) is 11.2 Å². The van der Waals surface area contributed by atoms with Gasteiger partial charge in [0.05, 0.1) is 6.10 Å². The molecule has 0 aromatic heterocycles. The number of hydrogen-bond acceptors (Lipinski definition) is 1. The van der Waals surface area contributed by atoms with E-state index in [0.29, 0.717) is 6.42 Å². The maximum atomic E-state index is 9.13. The fourth-order valence-electron chi connectivity index (χ4n) is 0.433. The first-order chi connectivity index (χ1) is 3.48. The second kappa shape index (κ2) is 2.49. The van der Waals surface area contributed by atoms with E-state index in [4.69, 9.17) is 5.11 Å². The molecule has 0 bridgehead atoms. The Hall–Kier alpha value is -0.0400. The van der Waals surface area contributed by atoms with Gasteiger partial charge in [0, 0.05) is 0 Å². The van der Waals surface area contributed by atoms with Crippen LogP contribution >= 0.6 is 0 Å². The van der Waals surface area contributed by atoms with Crippen molar-refractivity contribution < 1.29 is 5.11 Å². The summed E-state index contributed by atoms with van der Waals surface area (Å²) in [4.78, 5) is 0. The van der Waals surface area contributed by atoms with Gasteiger partial charge in [-0.25, -0.2) is 0 Å². The van der Waals surface area contributed by atoms with Gasteiger partial charge in [0.1, 0.15) is 0 Å². The molecule has 0 fully saturated rings. The van der Waals surface area contributed by atoms with Crippen LogP contribution in [0.3, 0.4) is 0 Å². The molecule has 1 atom stereocenters. The summed E-state index contributed by atoms with van der Waals surface area (Å²) in [7, 11) is 0. The number of aliphatic hydroxyl groups excluding tert-OH is 1. The smallest absolute Gasteiger partial charge is 0.0588 e. The second-order valence-corrected chi connectivity index (χ2v) is 3.17. The molecule has 8 heavy (non-hydrogen) atoms. The summed E-state index contributed by atoms with van der Waals surface area (Å²) in [6.45, 7) is 9.61. The SMILES string of the molecule is [CH2]CC(O)C(C)(C)C. The molecule has 0 aromatic rings. The molecule has 1 heteroatoms. The normalized spacial score (nSPS) is 16.1. The van der Waals surface area contributed by atoms with Crippen molar-refractivity contribution in [1.29, 1.82) is 0 Å².